The third-order valence-corrected chi connectivity index (χ3v) is 3.33. The maximum atomic E-state index is 13.0. The molecule has 0 unspecified atom stereocenters. The van der Waals surface area contributed by atoms with E-state index in [1.807, 2.05) is 6.92 Å². The van der Waals surface area contributed by atoms with Gasteiger partial charge in [-0.25, -0.2) is 4.39 Å². The van der Waals surface area contributed by atoms with E-state index in [2.05, 4.69) is 9.44 Å². The number of nitrogens with two attached hydrogens (primary N) is 1. The average Bonchev–Trinajstić information content (AvgIpc) is 2.28. The lowest BCUT2D eigenvalue weighted by Crippen LogP contribution is -2.31. The largest absolute Gasteiger partial charge is 0.389 e. The van der Waals surface area contributed by atoms with Crippen LogP contribution in [0.15, 0.2) is 18.2 Å². The van der Waals surface area contributed by atoms with Gasteiger partial charge in [-0.1, -0.05) is 19.1 Å². The molecule has 0 radical (unpaired) electrons. The highest BCUT2D eigenvalue weighted by atomic mass is 32.2. The summed E-state index contributed by atoms with van der Waals surface area (Å²) in [7, 11) is -3.70. The van der Waals surface area contributed by atoms with E-state index in [9.17, 15) is 12.8 Å². The van der Waals surface area contributed by atoms with Crippen molar-refractivity contribution in [2.75, 3.05) is 11.3 Å². The summed E-state index contributed by atoms with van der Waals surface area (Å²) in [5.74, 6) is -0.540. The van der Waals surface area contributed by atoms with Gasteiger partial charge < -0.3 is 5.73 Å². The van der Waals surface area contributed by atoms with Gasteiger partial charge in [0.2, 0.25) is 0 Å². The molecule has 0 saturated carbocycles. The Labute approximate surface area is 111 Å². The van der Waals surface area contributed by atoms with Crippen molar-refractivity contribution in [3.05, 3.63) is 29.6 Å². The molecule has 0 aliphatic heterocycles. The van der Waals surface area contributed by atoms with Gasteiger partial charge in [-0.15, -0.1) is 0 Å². The summed E-state index contributed by atoms with van der Waals surface area (Å²) >= 11 is 4.74. The lowest BCUT2D eigenvalue weighted by Gasteiger charge is -2.12. The van der Waals surface area contributed by atoms with Gasteiger partial charge in [0.05, 0.1) is 5.69 Å². The van der Waals surface area contributed by atoms with Crippen molar-refractivity contribution >= 4 is 33.1 Å². The molecule has 0 aliphatic rings. The van der Waals surface area contributed by atoms with E-state index in [0.29, 0.717) is 13.0 Å². The van der Waals surface area contributed by atoms with Crippen LogP contribution in [0.2, 0.25) is 0 Å². The Morgan fingerprint density at radius 2 is 2.17 bits per heavy atom. The number of thiocarbonyl (C=S) groups is 1. The molecule has 0 amide bonds. The minimum absolute atomic E-state index is 0.0808. The van der Waals surface area contributed by atoms with E-state index in [0.717, 1.165) is 12.1 Å². The Bertz CT molecular complexity index is 546. The van der Waals surface area contributed by atoms with Crippen LogP contribution in [0.4, 0.5) is 10.1 Å². The first kappa shape index (κ1) is 14.8. The monoisotopic (exact) mass is 291 g/mol. The van der Waals surface area contributed by atoms with Gasteiger partial charge in [-0.2, -0.15) is 13.1 Å². The molecule has 0 aromatic heterocycles. The Kier molecular flexibility index (Phi) is 5.00. The summed E-state index contributed by atoms with van der Waals surface area (Å²) in [5, 5.41) is 0. The number of hydrogen-bond donors (Lipinski definition) is 3. The Hall–Kier alpha value is -1.25. The second kappa shape index (κ2) is 6.07. The van der Waals surface area contributed by atoms with E-state index in [-0.39, 0.29) is 16.2 Å². The summed E-state index contributed by atoms with van der Waals surface area (Å²) in [4.78, 5) is -0.0808. The minimum Gasteiger partial charge on any atom is -0.389 e. The molecule has 0 heterocycles. The topological polar surface area (TPSA) is 84.2 Å². The first-order chi connectivity index (χ1) is 8.35. The van der Waals surface area contributed by atoms with Crippen LogP contribution in [0, 0.1) is 5.82 Å². The van der Waals surface area contributed by atoms with Crippen LogP contribution in [0.25, 0.3) is 0 Å². The zero-order chi connectivity index (χ0) is 13.8. The van der Waals surface area contributed by atoms with Crippen molar-refractivity contribution < 1.29 is 12.8 Å². The average molecular weight is 291 g/mol. The third kappa shape index (κ3) is 4.21. The lowest BCUT2D eigenvalue weighted by atomic mass is 10.2. The number of halogens is 1. The Balaban J connectivity index is 3.01. The number of rotatable bonds is 6. The zero-order valence-corrected chi connectivity index (χ0v) is 11.4. The maximum Gasteiger partial charge on any atom is 0.299 e. The second-order valence-electron chi connectivity index (χ2n) is 3.55. The summed E-state index contributed by atoms with van der Waals surface area (Å²) < 4.78 is 40.9. The highest BCUT2D eigenvalue weighted by Gasteiger charge is 2.13. The van der Waals surface area contributed by atoms with Crippen molar-refractivity contribution in [1.29, 1.82) is 0 Å². The van der Waals surface area contributed by atoms with Gasteiger partial charge in [0, 0.05) is 12.1 Å². The molecule has 0 bridgehead atoms. The molecule has 1 aromatic carbocycles. The molecule has 0 saturated heterocycles. The molecule has 5 nitrogen and oxygen atoms in total. The fourth-order valence-electron chi connectivity index (χ4n) is 1.23. The Morgan fingerprint density at radius 3 is 2.72 bits per heavy atom. The van der Waals surface area contributed by atoms with Crippen LogP contribution in [0.5, 0.6) is 0 Å². The molecule has 1 rings (SSSR count). The van der Waals surface area contributed by atoms with Crippen molar-refractivity contribution in [1.82, 2.24) is 4.72 Å². The first-order valence-electron chi connectivity index (χ1n) is 5.22. The van der Waals surface area contributed by atoms with Gasteiger partial charge in [-0.05, 0) is 24.6 Å². The molecule has 1 aromatic rings. The molecule has 4 N–H and O–H groups in total. The van der Waals surface area contributed by atoms with E-state index in [4.69, 9.17) is 18.0 Å². The van der Waals surface area contributed by atoms with Gasteiger partial charge in [-0.3, -0.25) is 4.72 Å². The van der Waals surface area contributed by atoms with Crippen molar-refractivity contribution in [3.8, 4) is 0 Å². The minimum atomic E-state index is -3.70. The van der Waals surface area contributed by atoms with E-state index >= 15 is 0 Å². The summed E-state index contributed by atoms with van der Waals surface area (Å²) in [6.45, 7) is 2.14. The molecule has 18 heavy (non-hydrogen) atoms. The number of benzene rings is 1. The molecule has 0 aliphatic carbocycles. The fraction of sp³-hybridized carbons (Fsp3) is 0.300. The highest BCUT2D eigenvalue weighted by Crippen LogP contribution is 2.17. The summed E-state index contributed by atoms with van der Waals surface area (Å²) in [6.07, 6.45) is 0.659. The van der Waals surface area contributed by atoms with Crippen LogP contribution >= 0.6 is 12.2 Å². The van der Waals surface area contributed by atoms with Crippen LogP contribution < -0.4 is 15.2 Å². The third-order valence-electron chi connectivity index (χ3n) is 2.03. The molecule has 0 atom stereocenters. The molecule has 0 fully saturated rings. The van der Waals surface area contributed by atoms with Crippen molar-refractivity contribution in [2.24, 2.45) is 5.73 Å². The van der Waals surface area contributed by atoms with Gasteiger partial charge in [0.25, 0.3) is 10.2 Å². The highest BCUT2D eigenvalue weighted by molar-refractivity contribution is 7.90. The van der Waals surface area contributed by atoms with Gasteiger partial charge in [0.15, 0.2) is 0 Å². The van der Waals surface area contributed by atoms with Crippen LogP contribution in [0.3, 0.4) is 0 Å². The molecule has 0 spiro atoms. The zero-order valence-electron chi connectivity index (χ0n) is 9.73. The summed E-state index contributed by atoms with van der Waals surface area (Å²) in [6, 6.07) is 3.48. The maximum absolute atomic E-state index is 13.0. The number of nitrogens with one attached hydrogen (secondary N) is 2. The van der Waals surface area contributed by atoms with Gasteiger partial charge >= 0.3 is 0 Å². The molecule has 100 valence electrons. The predicted octanol–water partition coefficient (Wildman–Crippen LogP) is 1.12. The van der Waals surface area contributed by atoms with Crippen LogP contribution in [-0.4, -0.2) is 20.0 Å². The van der Waals surface area contributed by atoms with Crippen LogP contribution in [-0.2, 0) is 10.2 Å². The van der Waals surface area contributed by atoms with Crippen molar-refractivity contribution in [2.45, 2.75) is 13.3 Å². The van der Waals surface area contributed by atoms with Crippen molar-refractivity contribution in [3.63, 3.8) is 0 Å². The second-order valence-corrected chi connectivity index (χ2v) is 5.49. The first-order valence-corrected chi connectivity index (χ1v) is 7.11. The standard InChI is InChI=1S/C10H14FN3O2S2/c1-2-5-13-18(15,16)14-9-4-3-7(11)6-8(9)10(12)17/h3-4,6,13-14H,2,5H2,1H3,(H2,12,17). The van der Waals surface area contributed by atoms with E-state index < -0.39 is 16.0 Å². The molecular weight excluding hydrogens is 277 g/mol. The number of anilines is 1. The smallest absolute Gasteiger partial charge is 0.299 e. The Morgan fingerprint density at radius 1 is 1.50 bits per heavy atom. The fourth-order valence-corrected chi connectivity index (χ4v) is 2.41. The van der Waals surface area contributed by atoms with Gasteiger partial charge in [0.1, 0.15) is 10.8 Å². The predicted molar refractivity (Wildman–Crippen MR) is 73.1 cm³/mol. The van der Waals surface area contributed by atoms with E-state index in [1.54, 1.807) is 0 Å². The molecular formula is C10H14FN3O2S2. The van der Waals surface area contributed by atoms with Crippen LogP contribution in [0.1, 0.15) is 18.9 Å². The SMILES string of the molecule is CCCNS(=O)(=O)Nc1ccc(F)cc1C(N)=S. The lowest BCUT2D eigenvalue weighted by molar-refractivity contribution is 0.586. The number of hydrogen-bond acceptors (Lipinski definition) is 3. The normalized spacial score (nSPS) is 11.2. The summed E-state index contributed by atoms with van der Waals surface area (Å²) in [5.41, 5.74) is 5.70. The molecule has 8 heteroatoms. The van der Waals surface area contributed by atoms with E-state index in [1.165, 1.54) is 6.07 Å². The quantitative estimate of drug-likeness (QED) is 0.686.